The van der Waals surface area contributed by atoms with E-state index in [-0.39, 0.29) is 0 Å². The Hall–Kier alpha value is -0.830. The molecule has 1 aromatic rings. The molecule has 2 rings (SSSR count). The van der Waals surface area contributed by atoms with Crippen molar-refractivity contribution in [3.05, 3.63) is 17.0 Å². The minimum atomic E-state index is 0.897. The van der Waals surface area contributed by atoms with E-state index in [4.69, 9.17) is 4.52 Å². The third-order valence-corrected chi connectivity index (χ3v) is 3.90. The zero-order chi connectivity index (χ0) is 12.3. The van der Waals surface area contributed by atoms with Crippen LogP contribution in [0.1, 0.15) is 49.1 Å². The van der Waals surface area contributed by atoms with E-state index in [1.165, 1.54) is 44.2 Å². The van der Waals surface area contributed by atoms with Gasteiger partial charge in [0.25, 0.3) is 0 Å². The van der Waals surface area contributed by atoms with E-state index < -0.39 is 0 Å². The second-order valence-corrected chi connectivity index (χ2v) is 5.50. The number of rotatable bonds is 4. The molecule has 0 spiro atoms. The van der Waals surface area contributed by atoms with Crippen LogP contribution >= 0.6 is 0 Å². The maximum Gasteiger partial charge on any atom is 0.138 e. The first-order valence-electron chi connectivity index (χ1n) is 6.77. The summed E-state index contributed by atoms with van der Waals surface area (Å²) in [6.45, 7) is 6.21. The highest BCUT2D eigenvalue weighted by Crippen LogP contribution is 2.25. The molecule has 0 unspecified atom stereocenters. The molecule has 0 saturated heterocycles. The quantitative estimate of drug-likeness (QED) is 0.803. The molecule has 0 aromatic carbocycles. The number of nitrogens with zero attached hydrogens (tertiary/aromatic N) is 2. The van der Waals surface area contributed by atoms with Gasteiger partial charge in [-0.2, -0.15) is 0 Å². The Labute approximate surface area is 104 Å². The summed E-state index contributed by atoms with van der Waals surface area (Å²) in [5.41, 5.74) is 2.31. The van der Waals surface area contributed by atoms with E-state index >= 15 is 0 Å². The number of aryl methyl sites for hydroxylation is 2. The number of aromatic nitrogens is 1. The first-order chi connectivity index (χ1) is 8.16. The lowest BCUT2D eigenvalue weighted by Crippen LogP contribution is -2.27. The highest BCUT2D eigenvalue weighted by Gasteiger charge is 2.17. The first-order valence-corrected chi connectivity index (χ1v) is 6.77. The van der Waals surface area contributed by atoms with Crippen LogP contribution in [0.2, 0.25) is 0 Å². The van der Waals surface area contributed by atoms with Crippen LogP contribution in [0.25, 0.3) is 0 Å². The maximum atomic E-state index is 5.21. The summed E-state index contributed by atoms with van der Waals surface area (Å²) >= 11 is 0. The number of hydrogen-bond acceptors (Lipinski definition) is 3. The van der Waals surface area contributed by atoms with Gasteiger partial charge < -0.3 is 9.42 Å². The van der Waals surface area contributed by atoms with Crippen LogP contribution < -0.4 is 0 Å². The fourth-order valence-electron chi connectivity index (χ4n) is 2.87. The fourth-order valence-corrected chi connectivity index (χ4v) is 2.87. The normalized spacial score (nSPS) is 17.9. The zero-order valence-electron chi connectivity index (χ0n) is 11.3. The van der Waals surface area contributed by atoms with Crippen molar-refractivity contribution in [3.63, 3.8) is 0 Å². The largest absolute Gasteiger partial charge is 0.361 e. The predicted molar refractivity (Wildman–Crippen MR) is 68.9 cm³/mol. The minimum Gasteiger partial charge on any atom is -0.361 e. The summed E-state index contributed by atoms with van der Waals surface area (Å²) in [5, 5.41) is 4.01. The molecule has 1 aliphatic carbocycles. The van der Waals surface area contributed by atoms with Crippen molar-refractivity contribution in [1.82, 2.24) is 10.1 Å². The Balaban J connectivity index is 1.86. The Morgan fingerprint density at radius 1 is 1.24 bits per heavy atom. The average Bonchev–Trinajstić information content (AvgIpc) is 2.62. The highest BCUT2D eigenvalue weighted by atomic mass is 16.5. The van der Waals surface area contributed by atoms with Crippen molar-refractivity contribution < 1.29 is 4.52 Å². The number of hydrogen-bond donors (Lipinski definition) is 0. The Morgan fingerprint density at radius 3 is 2.53 bits per heavy atom. The van der Waals surface area contributed by atoms with E-state index in [2.05, 4.69) is 17.1 Å². The molecule has 0 aliphatic heterocycles. The van der Waals surface area contributed by atoms with Crippen LogP contribution in [0.15, 0.2) is 4.52 Å². The first kappa shape index (κ1) is 12.6. The third-order valence-electron chi connectivity index (χ3n) is 3.90. The van der Waals surface area contributed by atoms with Crippen LogP contribution in [0, 0.1) is 19.8 Å². The van der Waals surface area contributed by atoms with Gasteiger partial charge in [-0.3, -0.25) is 0 Å². The molecule has 0 N–H and O–H groups in total. The van der Waals surface area contributed by atoms with E-state index in [1.807, 2.05) is 13.8 Å². The van der Waals surface area contributed by atoms with Crippen LogP contribution in [-0.2, 0) is 6.54 Å². The van der Waals surface area contributed by atoms with E-state index in [0.717, 1.165) is 23.9 Å². The van der Waals surface area contributed by atoms with Gasteiger partial charge in [-0.1, -0.05) is 24.4 Å². The van der Waals surface area contributed by atoms with Gasteiger partial charge in [-0.05, 0) is 39.7 Å². The minimum absolute atomic E-state index is 0.897. The molecule has 1 aromatic heterocycles. The summed E-state index contributed by atoms with van der Waals surface area (Å²) in [6.07, 6.45) is 7.09. The van der Waals surface area contributed by atoms with Gasteiger partial charge in [0.2, 0.25) is 0 Å². The average molecular weight is 236 g/mol. The molecule has 0 radical (unpaired) electrons. The molecule has 1 fully saturated rings. The van der Waals surface area contributed by atoms with E-state index in [1.54, 1.807) is 0 Å². The van der Waals surface area contributed by atoms with Gasteiger partial charge in [-0.25, -0.2) is 0 Å². The molecule has 1 heterocycles. The van der Waals surface area contributed by atoms with Crippen molar-refractivity contribution in [1.29, 1.82) is 0 Å². The van der Waals surface area contributed by atoms with Gasteiger partial charge in [0.15, 0.2) is 0 Å². The summed E-state index contributed by atoms with van der Waals surface area (Å²) in [4.78, 5) is 2.42. The summed E-state index contributed by atoms with van der Waals surface area (Å²) < 4.78 is 5.21. The lowest BCUT2D eigenvalue weighted by molar-refractivity contribution is 0.227. The Kier molecular flexibility index (Phi) is 4.21. The van der Waals surface area contributed by atoms with Crippen molar-refractivity contribution in [3.8, 4) is 0 Å². The van der Waals surface area contributed by atoms with Crippen LogP contribution in [-0.4, -0.2) is 23.6 Å². The lowest BCUT2D eigenvalue weighted by atomic mass is 9.89. The lowest BCUT2D eigenvalue weighted by Gasteiger charge is -2.26. The molecular formula is C14H24N2O. The van der Waals surface area contributed by atoms with Gasteiger partial charge in [0, 0.05) is 18.7 Å². The molecular weight excluding hydrogens is 212 g/mol. The fraction of sp³-hybridized carbons (Fsp3) is 0.786. The molecule has 17 heavy (non-hydrogen) atoms. The molecule has 3 heteroatoms. The van der Waals surface area contributed by atoms with E-state index in [0.29, 0.717) is 0 Å². The zero-order valence-corrected chi connectivity index (χ0v) is 11.3. The SMILES string of the molecule is Cc1noc(C)c1CN(C)CC1CCCCC1. The molecule has 3 nitrogen and oxygen atoms in total. The molecule has 1 saturated carbocycles. The second-order valence-electron chi connectivity index (χ2n) is 5.50. The van der Waals surface area contributed by atoms with Crippen molar-refractivity contribution in [2.45, 2.75) is 52.5 Å². The van der Waals surface area contributed by atoms with Gasteiger partial charge in [0.05, 0.1) is 5.69 Å². The Bertz CT molecular complexity index is 334. The molecule has 1 aliphatic rings. The van der Waals surface area contributed by atoms with Crippen LogP contribution in [0.4, 0.5) is 0 Å². The monoisotopic (exact) mass is 236 g/mol. The smallest absolute Gasteiger partial charge is 0.138 e. The Morgan fingerprint density at radius 2 is 1.94 bits per heavy atom. The van der Waals surface area contributed by atoms with Crippen LogP contribution in [0.3, 0.4) is 0 Å². The summed E-state index contributed by atoms with van der Waals surface area (Å²) in [7, 11) is 2.21. The second kappa shape index (κ2) is 5.67. The van der Waals surface area contributed by atoms with Crippen molar-refractivity contribution in [2.75, 3.05) is 13.6 Å². The molecule has 0 bridgehead atoms. The summed E-state index contributed by atoms with van der Waals surface area (Å²) in [5.74, 6) is 1.87. The van der Waals surface area contributed by atoms with Gasteiger partial charge >= 0.3 is 0 Å². The highest BCUT2D eigenvalue weighted by molar-refractivity contribution is 5.20. The predicted octanol–water partition coefficient (Wildman–Crippen LogP) is 3.30. The third kappa shape index (κ3) is 3.32. The molecule has 0 amide bonds. The molecule has 96 valence electrons. The van der Waals surface area contributed by atoms with Crippen molar-refractivity contribution in [2.24, 2.45) is 5.92 Å². The standard InChI is InChI=1S/C14H24N2O/c1-11-14(12(2)17-15-11)10-16(3)9-13-7-5-4-6-8-13/h13H,4-10H2,1-3H3. The van der Waals surface area contributed by atoms with Crippen LogP contribution in [0.5, 0.6) is 0 Å². The summed E-state index contributed by atoms with van der Waals surface area (Å²) in [6, 6.07) is 0. The van der Waals surface area contributed by atoms with Gasteiger partial charge in [0.1, 0.15) is 5.76 Å². The maximum absolute atomic E-state index is 5.21. The van der Waals surface area contributed by atoms with Gasteiger partial charge in [-0.15, -0.1) is 0 Å². The van der Waals surface area contributed by atoms with E-state index in [9.17, 15) is 0 Å². The topological polar surface area (TPSA) is 29.3 Å². The molecule has 0 atom stereocenters. The van der Waals surface area contributed by atoms with Crippen molar-refractivity contribution >= 4 is 0 Å².